The number of hydrogen-bond donors (Lipinski definition) is 1. The van der Waals surface area contributed by atoms with Gasteiger partial charge in [0.2, 0.25) is 0 Å². The highest BCUT2D eigenvalue weighted by Crippen LogP contribution is 2.43. The number of carbonyl (C=O) groups is 1. The molecule has 1 aliphatic carbocycles. The summed E-state index contributed by atoms with van der Waals surface area (Å²) in [7, 11) is 1.42. The summed E-state index contributed by atoms with van der Waals surface area (Å²) in [6.45, 7) is 3.02. The van der Waals surface area contributed by atoms with Gasteiger partial charge in [0.15, 0.2) is 0 Å². The maximum absolute atomic E-state index is 11.8. The number of aliphatic hydroxyl groups excluding tert-OH is 1. The number of aromatic nitrogens is 1. The van der Waals surface area contributed by atoms with Crippen molar-refractivity contribution in [2.24, 2.45) is 5.92 Å². The number of ether oxygens (including phenoxy) is 1. The Morgan fingerprint density at radius 2 is 1.81 bits per heavy atom. The number of benzene rings is 1. The van der Waals surface area contributed by atoms with E-state index in [1.165, 1.54) is 34.9 Å². The smallest absolute Gasteiger partial charge is 0.409 e. The molecule has 0 spiro atoms. The van der Waals surface area contributed by atoms with Crippen LogP contribution in [0.3, 0.4) is 0 Å². The predicted molar refractivity (Wildman–Crippen MR) is 153 cm³/mol. The van der Waals surface area contributed by atoms with Crippen molar-refractivity contribution in [1.29, 1.82) is 0 Å². The number of halogens is 3. The molecule has 0 radical (unpaired) electrons. The van der Waals surface area contributed by atoms with Crippen LogP contribution in [0.5, 0.6) is 0 Å². The average Bonchev–Trinajstić information content (AvgIpc) is 3.05. The van der Waals surface area contributed by atoms with Crippen LogP contribution < -0.4 is 0 Å². The zero-order valence-corrected chi connectivity index (χ0v) is 24.9. The molecule has 1 unspecified atom stereocenters. The van der Waals surface area contributed by atoms with Crippen LogP contribution in [0, 0.1) is 5.92 Å². The number of aryl methyl sites for hydroxylation is 2. The lowest BCUT2D eigenvalue weighted by Gasteiger charge is -2.37. The molecule has 2 aromatic rings. The van der Waals surface area contributed by atoms with Crippen molar-refractivity contribution in [2.45, 2.75) is 51.2 Å². The second-order valence-corrected chi connectivity index (χ2v) is 12.4. The van der Waals surface area contributed by atoms with Crippen LogP contribution in [0.15, 0.2) is 38.9 Å². The molecule has 1 aromatic carbocycles. The molecule has 1 amide bonds. The van der Waals surface area contributed by atoms with E-state index in [0.29, 0.717) is 19.0 Å². The fourth-order valence-corrected chi connectivity index (χ4v) is 7.45. The summed E-state index contributed by atoms with van der Waals surface area (Å²) in [4.78, 5) is 20.6. The summed E-state index contributed by atoms with van der Waals surface area (Å²) >= 11 is 13.9. The van der Waals surface area contributed by atoms with Crippen molar-refractivity contribution in [2.75, 3.05) is 33.3 Å². The second kappa shape index (κ2) is 11.7. The molecule has 2 saturated heterocycles. The number of likely N-dealkylation sites (tertiary alicyclic amines) is 2. The summed E-state index contributed by atoms with van der Waals surface area (Å²) in [6.07, 6.45) is 7.32. The normalized spacial score (nSPS) is 19.8. The van der Waals surface area contributed by atoms with Gasteiger partial charge in [-0.1, -0.05) is 33.1 Å². The fraction of sp³-hybridized carbons (Fsp3) is 0.500. The van der Waals surface area contributed by atoms with Crippen LogP contribution in [-0.2, 0) is 17.6 Å². The average molecular weight is 654 g/mol. The Bertz CT molecular complexity index is 1200. The first-order valence-electron chi connectivity index (χ1n) is 12.9. The van der Waals surface area contributed by atoms with E-state index in [1.54, 1.807) is 4.90 Å². The highest BCUT2D eigenvalue weighted by molar-refractivity contribution is 9.10. The molecular weight excluding hydrogens is 622 g/mol. The lowest BCUT2D eigenvalue weighted by Crippen LogP contribution is -2.43. The molecule has 37 heavy (non-hydrogen) atoms. The molecule has 3 aliphatic rings. The van der Waals surface area contributed by atoms with Crippen LogP contribution in [0.4, 0.5) is 4.79 Å². The maximum atomic E-state index is 11.8. The van der Waals surface area contributed by atoms with E-state index in [1.807, 2.05) is 12.3 Å². The number of hydrogen-bond acceptors (Lipinski definition) is 5. The Morgan fingerprint density at radius 3 is 2.51 bits per heavy atom. The van der Waals surface area contributed by atoms with Crippen LogP contribution in [0.1, 0.15) is 54.5 Å². The number of methoxy groups -OCH3 is 1. The minimum atomic E-state index is -0.463. The third-order valence-electron chi connectivity index (χ3n) is 7.99. The van der Waals surface area contributed by atoms with E-state index < -0.39 is 6.23 Å². The van der Waals surface area contributed by atoms with Gasteiger partial charge in [-0.15, -0.1) is 0 Å². The summed E-state index contributed by atoms with van der Waals surface area (Å²) in [5, 5.41) is 11.8. The molecule has 0 saturated carbocycles. The lowest BCUT2D eigenvalue weighted by molar-refractivity contribution is -0.0238. The standard InChI is InChI=1S/C28H32Br2ClN3O3/c1-37-28(36)34-8-4-17(5-9-34)12-24(35)33-10-6-18(7-11-33)26-25-19(14-22(31)15-23(25)30)2-3-20-13-21(29)16-32-27(20)26/h13-17,24,35H,2-12H2,1H3. The highest BCUT2D eigenvalue weighted by atomic mass is 79.9. The first-order chi connectivity index (χ1) is 17.8. The topological polar surface area (TPSA) is 65.9 Å². The van der Waals surface area contributed by atoms with Crippen molar-refractivity contribution in [3.8, 4) is 0 Å². The third kappa shape index (κ3) is 5.93. The number of fused-ring (bicyclic) bond motifs is 2. The SMILES string of the molecule is COC(=O)N1CCC(CC(O)N2CCC(=C3c4ncc(Br)cc4CCc4cc(Cl)cc(Br)c43)CC2)CC1. The van der Waals surface area contributed by atoms with E-state index in [-0.39, 0.29) is 6.09 Å². The quantitative estimate of drug-likeness (QED) is 0.413. The number of nitrogens with zero attached hydrogens (tertiary/aromatic N) is 3. The Morgan fingerprint density at radius 1 is 1.11 bits per heavy atom. The maximum Gasteiger partial charge on any atom is 0.409 e. The van der Waals surface area contributed by atoms with Gasteiger partial charge in [-0.05, 0) is 96.1 Å². The molecule has 5 rings (SSSR count). The number of rotatable bonds is 3. The van der Waals surface area contributed by atoms with Gasteiger partial charge in [0, 0.05) is 57.5 Å². The molecule has 1 atom stereocenters. The number of pyridine rings is 1. The summed E-state index contributed by atoms with van der Waals surface area (Å²) in [6, 6.07) is 6.26. The van der Waals surface area contributed by atoms with E-state index in [2.05, 4.69) is 48.9 Å². The van der Waals surface area contributed by atoms with Gasteiger partial charge >= 0.3 is 6.09 Å². The van der Waals surface area contributed by atoms with E-state index >= 15 is 0 Å². The molecule has 6 nitrogen and oxygen atoms in total. The van der Waals surface area contributed by atoms with E-state index in [9.17, 15) is 9.90 Å². The molecule has 1 N–H and O–H groups in total. The van der Waals surface area contributed by atoms with Gasteiger partial charge in [0.25, 0.3) is 0 Å². The Labute approximate surface area is 240 Å². The van der Waals surface area contributed by atoms with Crippen molar-refractivity contribution in [3.63, 3.8) is 0 Å². The molecule has 1 aromatic heterocycles. The van der Waals surface area contributed by atoms with Gasteiger partial charge in [-0.3, -0.25) is 9.88 Å². The largest absolute Gasteiger partial charge is 0.453 e. The monoisotopic (exact) mass is 651 g/mol. The Kier molecular flexibility index (Phi) is 8.61. The predicted octanol–water partition coefficient (Wildman–Crippen LogP) is 6.44. The lowest BCUT2D eigenvalue weighted by atomic mass is 9.88. The van der Waals surface area contributed by atoms with Gasteiger partial charge in [-0.25, -0.2) is 4.79 Å². The molecule has 0 bridgehead atoms. The fourth-order valence-electron chi connectivity index (χ4n) is 6.00. The zero-order chi connectivity index (χ0) is 26.1. The Hall–Kier alpha value is -1.45. The summed E-state index contributed by atoms with van der Waals surface area (Å²) in [5.41, 5.74) is 7.37. The molecule has 2 aliphatic heterocycles. The zero-order valence-electron chi connectivity index (χ0n) is 21.0. The van der Waals surface area contributed by atoms with Gasteiger partial charge in [0.05, 0.1) is 12.8 Å². The summed E-state index contributed by atoms with van der Waals surface area (Å²) in [5.74, 6) is 0.416. The number of amides is 1. The minimum Gasteiger partial charge on any atom is -0.453 e. The van der Waals surface area contributed by atoms with Crippen LogP contribution in [-0.4, -0.2) is 65.5 Å². The van der Waals surface area contributed by atoms with Crippen LogP contribution >= 0.6 is 43.5 Å². The number of carbonyl (C=O) groups excluding carboxylic acids is 1. The first kappa shape index (κ1) is 27.1. The molecular formula is C28H32Br2ClN3O3. The van der Waals surface area contributed by atoms with Crippen molar-refractivity contribution >= 4 is 55.1 Å². The highest BCUT2D eigenvalue weighted by Gasteiger charge is 2.31. The van der Waals surface area contributed by atoms with Crippen molar-refractivity contribution in [1.82, 2.24) is 14.8 Å². The molecule has 9 heteroatoms. The molecule has 2 fully saturated rings. The van der Waals surface area contributed by atoms with Gasteiger partial charge in [0.1, 0.15) is 6.23 Å². The van der Waals surface area contributed by atoms with Gasteiger partial charge in [-0.2, -0.15) is 0 Å². The Balaban J connectivity index is 1.34. The summed E-state index contributed by atoms with van der Waals surface area (Å²) < 4.78 is 6.85. The van der Waals surface area contributed by atoms with E-state index in [0.717, 1.165) is 77.7 Å². The minimum absolute atomic E-state index is 0.256. The van der Waals surface area contributed by atoms with Gasteiger partial charge < -0.3 is 14.7 Å². The van der Waals surface area contributed by atoms with Crippen LogP contribution in [0.2, 0.25) is 5.02 Å². The number of piperidine rings is 2. The molecule has 198 valence electrons. The van der Waals surface area contributed by atoms with E-state index in [4.69, 9.17) is 21.3 Å². The van der Waals surface area contributed by atoms with Crippen molar-refractivity contribution in [3.05, 3.63) is 66.3 Å². The van der Waals surface area contributed by atoms with Crippen molar-refractivity contribution < 1.29 is 14.6 Å². The van der Waals surface area contributed by atoms with Crippen LogP contribution in [0.25, 0.3) is 5.57 Å². The third-order valence-corrected chi connectivity index (χ3v) is 9.27. The molecule has 3 heterocycles. The first-order valence-corrected chi connectivity index (χ1v) is 14.9. The number of aliphatic hydroxyl groups is 1. The second-order valence-electron chi connectivity index (χ2n) is 10.2.